The maximum Gasteiger partial charge on any atom is 0.494 e. The summed E-state index contributed by atoms with van der Waals surface area (Å²) in [4.78, 5) is 13.6. The van der Waals surface area contributed by atoms with Gasteiger partial charge in [-0.25, -0.2) is 4.79 Å². The standard InChI is InChI=1S/C17H26BNO4/c1-7-21-15(20)13(2)12-19-10-8-14(9-11-19)18-22-16(3,4)17(5,6)23-18/h8-10,12H,7,11H2,1-6H3/b13-12+. The van der Waals surface area contributed by atoms with Crippen LogP contribution in [0.5, 0.6) is 0 Å². The molecule has 0 bridgehead atoms. The Hall–Kier alpha value is -1.53. The minimum absolute atomic E-state index is 0.290. The van der Waals surface area contributed by atoms with E-state index in [1.165, 1.54) is 0 Å². The molecular formula is C17H26BNO4. The monoisotopic (exact) mass is 319 g/mol. The fourth-order valence-corrected chi connectivity index (χ4v) is 2.32. The molecule has 0 aliphatic carbocycles. The molecule has 6 heteroatoms. The van der Waals surface area contributed by atoms with Gasteiger partial charge < -0.3 is 18.9 Å². The van der Waals surface area contributed by atoms with E-state index in [1.54, 1.807) is 20.0 Å². The van der Waals surface area contributed by atoms with Crippen LogP contribution in [0.2, 0.25) is 0 Å². The van der Waals surface area contributed by atoms with Gasteiger partial charge in [0.1, 0.15) is 0 Å². The van der Waals surface area contributed by atoms with Gasteiger partial charge in [-0.05, 0) is 53.1 Å². The van der Waals surface area contributed by atoms with Gasteiger partial charge >= 0.3 is 13.1 Å². The summed E-state index contributed by atoms with van der Waals surface area (Å²) < 4.78 is 17.1. The minimum atomic E-state index is -0.353. The third-order valence-corrected chi connectivity index (χ3v) is 4.48. The van der Waals surface area contributed by atoms with Gasteiger partial charge in [0, 0.05) is 18.9 Å². The summed E-state index contributed by atoms with van der Waals surface area (Å²) >= 11 is 0. The number of esters is 1. The second-order valence-corrected chi connectivity index (χ2v) is 6.84. The topological polar surface area (TPSA) is 48.0 Å². The molecule has 5 nitrogen and oxygen atoms in total. The van der Waals surface area contributed by atoms with Crippen molar-refractivity contribution in [1.29, 1.82) is 0 Å². The van der Waals surface area contributed by atoms with Crippen LogP contribution in [-0.2, 0) is 18.8 Å². The average Bonchev–Trinajstić information content (AvgIpc) is 2.68. The summed E-state index contributed by atoms with van der Waals surface area (Å²) in [5.41, 5.74) is 0.888. The first kappa shape index (κ1) is 17.8. The Kier molecular flexibility index (Phi) is 5.06. The largest absolute Gasteiger partial charge is 0.494 e. The molecule has 0 atom stereocenters. The van der Waals surface area contributed by atoms with Gasteiger partial charge in [0.05, 0.1) is 23.4 Å². The predicted octanol–water partition coefficient (Wildman–Crippen LogP) is 2.84. The van der Waals surface area contributed by atoms with Crippen molar-refractivity contribution >= 4 is 13.1 Å². The normalized spacial score (nSPS) is 23.0. The van der Waals surface area contributed by atoms with E-state index in [9.17, 15) is 4.79 Å². The third-order valence-electron chi connectivity index (χ3n) is 4.48. The molecule has 2 aliphatic rings. The van der Waals surface area contributed by atoms with Crippen LogP contribution in [0.25, 0.3) is 0 Å². The number of allylic oxidation sites excluding steroid dienone is 2. The first-order chi connectivity index (χ1) is 10.7. The highest BCUT2D eigenvalue weighted by Gasteiger charge is 2.52. The highest BCUT2D eigenvalue weighted by Crippen LogP contribution is 2.39. The van der Waals surface area contributed by atoms with Crippen molar-refractivity contribution < 1.29 is 18.8 Å². The van der Waals surface area contributed by atoms with E-state index in [0.29, 0.717) is 18.7 Å². The quantitative estimate of drug-likeness (QED) is 0.453. The van der Waals surface area contributed by atoms with Crippen molar-refractivity contribution in [1.82, 2.24) is 4.90 Å². The van der Waals surface area contributed by atoms with Crippen LogP contribution >= 0.6 is 0 Å². The van der Waals surface area contributed by atoms with Crippen molar-refractivity contribution in [2.45, 2.75) is 52.7 Å². The second-order valence-electron chi connectivity index (χ2n) is 6.84. The van der Waals surface area contributed by atoms with Crippen molar-refractivity contribution in [3.63, 3.8) is 0 Å². The maximum absolute atomic E-state index is 11.6. The number of carbonyl (C=O) groups excluding carboxylic acids is 1. The number of rotatable bonds is 4. The smallest absolute Gasteiger partial charge is 0.463 e. The number of carbonyl (C=O) groups is 1. The lowest BCUT2D eigenvalue weighted by atomic mass is 9.77. The van der Waals surface area contributed by atoms with Crippen molar-refractivity contribution in [2.75, 3.05) is 13.2 Å². The number of nitrogens with zero attached hydrogens (tertiary/aromatic N) is 1. The lowest BCUT2D eigenvalue weighted by Crippen LogP contribution is -2.41. The molecular weight excluding hydrogens is 293 g/mol. The van der Waals surface area contributed by atoms with Gasteiger partial charge in [-0.3, -0.25) is 0 Å². The molecule has 0 saturated carbocycles. The van der Waals surface area contributed by atoms with Gasteiger partial charge in [-0.2, -0.15) is 0 Å². The summed E-state index contributed by atoms with van der Waals surface area (Å²) in [5.74, 6) is -0.290. The van der Waals surface area contributed by atoms with Crippen LogP contribution in [0.4, 0.5) is 0 Å². The van der Waals surface area contributed by atoms with Crippen LogP contribution in [0.3, 0.4) is 0 Å². The van der Waals surface area contributed by atoms with E-state index in [0.717, 1.165) is 5.47 Å². The molecule has 0 spiro atoms. The predicted molar refractivity (Wildman–Crippen MR) is 90.4 cm³/mol. The Bertz CT molecular complexity index is 547. The zero-order valence-corrected chi connectivity index (χ0v) is 14.9. The van der Waals surface area contributed by atoms with Gasteiger partial charge in [0.15, 0.2) is 0 Å². The zero-order valence-electron chi connectivity index (χ0n) is 14.9. The maximum atomic E-state index is 11.6. The van der Waals surface area contributed by atoms with Gasteiger partial charge in [-0.15, -0.1) is 0 Å². The first-order valence-corrected chi connectivity index (χ1v) is 8.01. The molecule has 1 fully saturated rings. The molecule has 0 amide bonds. The zero-order chi connectivity index (χ0) is 17.3. The number of ether oxygens (including phenoxy) is 1. The van der Waals surface area contributed by atoms with Crippen molar-refractivity contribution in [3.05, 3.63) is 35.6 Å². The Labute approximate surface area is 139 Å². The molecule has 2 heterocycles. The highest BCUT2D eigenvalue weighted by molar-refractivity contribution is 6.55. The third kappa shape index (κ3) is 3.87. The van der Waals surface area contributed by atoms with E-state index in [-0.39, 0.29) is 24.3 Å². The lowest BCUT2D eigenvalue weighted by Gasteiger charge is -2.32. The summed E-state index contributed by atoms with van der Waals surface area (Å²) in [6.45, 7) is 12.7. The minimum Gasteiger partial charge on any atom is -0.463 e. The van der Waals surface area contributed by atoms with Crippen LogP contribution in [-0.4, -0.2) is 42.3 Å². The van der Waals surface area contributed by atoms with Crippen LogP contribution in [0.15, 0.2) is 35.6 Å². The molecule has 1 saturated heterocycles. The molecule has 0 N–H and O–H groups in total. The van der Waals surface area contributed by atoms with Gasteiger partial charge in [-0.1, -0.05) is 6.08 Å². The number of hydrogen-bond acceptors (Lipinski definition) is 5. The Morgan fingerprint density at radius 3 is 2.43 bits per heavy atom. The van der Waals surface area contributed by atoms with Crippen LogP contribution < -0.4 is 0 Å². The van der Waals surface area contributed by atoms with Crippen LogP contribution in [0, 0.1) is 0 Å². The van der Waals surface area contributed by atoms with Gasteiger partial charge in [0.2, 0.25) is 0 Å². The molecule has 0 unspecified atom stereocenters. The van der Waals surface area contributed by atoms with E-state index >= 15 is 0 Å². The summed E-state index contributed by atoms with van der Waals surface area (Å²) in [6, 6.07) is 0. The van der Waals surface area contributed by atoms with E-state index in [2.05, 4.69) is 6.08 Å². The van der Waals surface area contributed by atoms with E-state index in [1.807, 2.05) is 44.9 Å². The Morgan fingerprint density at radius 1 is 1.35 bits per heavy atom. The number of hydrogen-bond donors (Lipinski definition) is 0. The summed E-state index contributed by atoms with van der Waals surface area (Å²) in [7, 11) is -0.353. The molecule has 0 aromatic heterocycles. The Balaban J connectivity index is 1.99. The SMILES string of the molecule is CCOC(=O)/C(C)=C/N1C=CC(B2OC(C)(C)C(C)(C)O2)=CC1. The molecule has 0 radical (unpaired) electrons. The van der Waals surface area contributed by atoms with Crippen molar-refractivity contribution in [3.8, 4) is 0 Å². The summed E-state index contributed by atoms with van der Waals surface area (Å²) in [6.07, 6.45) is 7.72. The molecule has 0 aromatic carbocycles. The Morgan fingerprint density at radius 2 is 1.96 bits per heavy atom. The van der Waals surface area contributed by atoms with Crippen LogP contribution in [0.1, 0.15) is 41.5 Å². The molecule has 126 valence electrons. The molecule has 2 aliphatic heterocycles. The van der Waals surface area contributed by atoms with Gasteiger partial charge in [0.25, 0.3) is 0 Å². The van der Waals surface area contributed by atoms with E-state index < -0.39 is 0 Å². The molecule has 2 rings (SSSR count). The highest BCUT2D eigenvalue weighted by atomic mass is 16.7. The lowest BCUT2D eigenvalue weighted by molar-refractivity contribution is -0.138. The fraction of sp³-hybridized carbons (Fsp3) is 0.588. The fourth-order valence-electron chi connectivity index (χ4n) is 2.32. The average molecular weight is 319 g/mol. The molecule has 23 heavy (non-hydrogen) atoms. The second kappa shape index (κ2) is 6.53. The summed E-state index contributed by atoms with van der Waals surface area (Å²) in [5, 5.41) is 0. The van der Waals surface area contributed by atoms with Crippen molar-refractivity contribution in [2.24, 2.45) is 0 Å². The van der Waals surface area contributed by atoms with E-state index in [4.69, 9.17) is 14.0 Å². The molecule has 0 aromatic rings. The first-order valence-electron chi connectivity index (χ1n) is 8.01.